The molecule has 0 heterocycles. The maximum atomic E-state index is 3.64. The van der Waals surface area contributed by atoms with Crippen LogP contribution in [-0.4, -0.2) is 13.1 Å². The van der Waals surface area contributed by atoms with E-state index in [0.717, 1.165) is 19.0 Å². The summed E-state index contributed by atoms with van der Waals surface area (Å²) >= 11 is 0. The van der Waals surface area contributed by atoms with Gasteiger partial charge in [-0.05, 0) is 37.3 Å². The average molecular weight is 245 g/mol. The Hall–Kier alpha value is -0.820. The van der Waals surface area contributed by atoms with Gasteiger partial charge in [-0.15, -0.1) is 0 Å². The summed E-state index contributed by atoms with van der Waals surface area (Å²) in [5, 5.41) is 3.64. The Morgan fingerprint density at radius 1 is 1.11 bits per heavy atom. The van der Waals surface area contributed by atoms with Gasteiger partial charge in [-0.25, -0.2) is 0 Å². The lowest BCUT2D eigenvalue weighted by atomic mass is 9.57. The molecule has 0 saturated heterocycles. The summed E-state index contributed by atoms with van der Waals surface area (Å²) in [5.41, 5.74) is 1.97. The van der Waals surface area contributed by atoms with Crippen LogP contribution in [-0.2, 0) is 5.41 Å². The fourth-order valence-corrected chi connectivity index (χ4v) is 3.44. The van der Waals surface area contributed by atoms with E-state index in [4.69, 9.17) is 0 Å². The molecule has 100 valence electrons. The molecular weight excluding hydrogens is 218 g/mol. The third kappa shape index (κ3) is 2.95. The highest BCUT2D eigenvalue weighted by Crippen LogP contribution is 2.49. The number of rotatable bonds is 7. The average Bonchev–Trinajstić information content (AvgIpc) is 2.37. The minimum atomic E-state index is 0.427. The molecule has 1 fully saturated rings. The standard InChI is InChI=1S/C17H27N/c1-3-8-15-12-17(13-15,14-18-11-4-2)16-9-6-5-7-10-16/h5-7,9-10,15,18H,3-4,8,11-14H2,1-2H3. The molecule has 18 heavy (non-hydrogen) atoms. The number of nitrogens with one attached hydrogen (secondary N) is 1. The molecule has 0 unspecified atom stereocenters. The summed E-state index contributed by atoms with van der Waals surface area (Å²) in [4.78, 5) is 0. The van der Waals surface area contributed by atoms with E-state index in [1.54, 1.807) is 5.56 Å². The third-order valence-corrected chi connectivity index (χ3v) is 4.33. The van der Waals surface area contributed by atoms with Gasteiger partial charge in [-0.2, -0.15) is 0 Å². The summed E-state index contributed by atoms with van der Waals surface area (Å²) < 4.78 is 0. The van der Waals surface area contributed by atoms with Crippen molar-refractivity contribution in [2.24, 2.45) is 5.92 Å². The van der Waals surface area contributed by atoms with Crippen LogP contribution in [0, 0.1) is 5.92 Å². The largest absolute Gasteiger partial charge is 0.316 e. The Labute approximate surface area is 112 Å². The number of hydrogen-bond acceptors (Lipinski definition) is 1. The molecule has 1 heteroatoms. The van der Waals surface area contributed by atoms with Gasteiger partial charge in [-0.3, -0.25) is 0 Å². The first-order valence-electron chi connectivity index (χ1n) is 7.57. The summed E-state index contributed by atoms with van der Waals surface area (Å²) in [7, 11) is 0. The van der Waals surface area contributed by atoms with Gasteiger partial charge in [0.15, 0.2) is 0 Å². The topological polar surface area (TPSA) is 12.0 Å². The summed E-state index contributed by atoms with van der Waals surface area (Å²) in [6, 6.07) is 11.1. The maximum Gasteiger partial charge on any atom is 0.00830 e. The Morgan fingerprint density at radius 3 is 2.44 bits per heavy atom. The predicted octanol–water partition coefficient (Wildman–Crippen LogP) is 4.13. The first-order chi connectivity index (χ1) is 8.80. The van der Waals surface area contributed by atoms with E-state index >= 15 is 0 Å². The van der Waals surface area contributed by atoms with Crippen LogP contribution >= 0.6 is 0 Å². The van der Waals surface area contributed by atoms with Gasteiger partial charge in [0.2, 0.25) is 0 Å². The molecule has 1 aliphatic rings. The van der Waals surface area contributed by atoms with Crippen molar-refractivity contribution >= 4 is 0 Å². The van der Waals surface area contributed by atoms with E-state index in [2.05, 4.69) is 49.5 Å². The van der Waals surface area contributed by atoms with Gasteiger partial charge in [0.1, 0.15) is 0 Å². The molecule has 1 saturated carbocycles. The van der Waals surface area contributed by atoms with E-state index in [1.165, 1.54) is 32.1 Å². The van der Waals surface area contributed by atoms with Gasteiger partial charge in [-0.1, -0.05) is 57.0 Å². The first-order valence-corrected chi connectivity index (χ1v) is 7.57. The van der Waals surface area contributed by atoms with E-state index in [1.807, 2.05) is 0 Å². The molecule has 0 aliphatic heterocycles. The van der Waals surface area contributed by atoms with Gasteiger partial charge < -0.3 is 5.32 Å². The molecule has 0 bridgehead atoms. The van der Waals surface area contributed by atoms with Crippen molar-refractivity contribution in [2.45, 2.75) is 51.4 Å². The second-order valence-corrected chi connectivity index (χ2v) is 5.89. The second kappa shape index (κ2) is 6.38. The van der Waals surface area contributed by atoms with Gasteiger partial charge >= 0.3 is 0 Å². The van der Waals surface area contributed by atoms with Gasteiger partial charge in [0.25, 0.3) is 0 Å². The van der Waals surface area contributed by atoms with Crippen molar-refractivity contribution in [2.75, 3.05) is 13.1 Å². The fraction of sp³-hybridized carbons (Fsp3) is 0.647. The van der Waals surface area contributed by atoms with Crippen LogP contribution in [0.4, 0.5) is 0 Å². The van der Waals surface area contributed by atoms with Crippen LogP contribution in [0.25, 0.3) is 0 Å². The Morgan fingerprint density at radius 2 is 1.83 bits per heavy atom. The van der Waals surface area contributed by atoms with E-state index in [-0.39, 0.29) is 0 Å². The van der Waals surface area contributed by atoms with Crippen LogP contribution in [0.5, 0.6) is 0 Å². The Bertz CT molecular complexity index is 332. The maximum absolute atomic E-state index is 3.64. The zero-order valence-corrected chi connectivity index (χ0v) is 11.9. The van der Waals surface area contributed by atoms with E-state index in [9.17, 15) is 0 Å². The lowest BCUT2D eigenvalue weighted by Crippen LogP contribution is -2.48. The SMILES string of the molecule is CCCNCC1(c2ccccc2)CC(CCC)C1. The summed E-state index contributed by atoms with van der Waals surface area (Å²) in [6.07, 6.45) is 6.71. The molecule has 2 rings (SSSR count). The molecule has 1 aromatic carbocycles. The van der Waals surface area contributed by atoms with Crippen LogP contribution in [0.1, 0.15) is 51.5 Å². The Balaban J connectivity index is 2.01. The molecule has 0 aromatic heterocycles. The van der Waals surface area contributed by atoms with Crippen molar-refractivity contribution in [1.82, 2.24) is 5.32 Å². The highest BCUT2D eigenvalue weighted by atomic mass is 14.9. The normalized spacial score (nSPS) is 26.9. The minimum Gasteiger partial charge on any atom is -0.316 e. The molecule has 0 amide bonds. The number of hydrogen-bond donors (Lipinski definition) is 1. The van der Waals surface area contributed by atoms with E-state index < -0.39 is 0 Å². The lowest BCUT2D eigenvalue weighted by molar-refractivity contribution is 0.129. The first kappa shape index (κ1) is 13.6. The molecule has 1 nitrogen and oxygen atoms in total. The molecule has 1 aromatic rings. The van der Waals surface area contributed by atoms with Crippen molar-refractivity contribution in [3.05, 3.63) is 35.9 Å². The van der Waals surface area contributed by atoms with Crippen molar-refractivity contribution in [3.8, 4) is 0 Å². The van der Waals surface area contributed by atoms with E-state index in [0.29, 0.717) is 5.41 Å². The predicted molar refractivity (Wildman–Crippen MR) is 78.9 cm³/mol. The monoisotopic (exact) mass is 245 g/mol. The van der Waals surface area contributed by atoms with Crippen LogP contribution in [0.15, 0.2) is 30.3 Å². The molecular formula is C17H27N. The second-order valence-electron chi connectivity index (χ2n) is 5.89. The Kier molecular flexibility index (Phi) is 4.82. The van der Waals surface area contributed by atoms with Crippen LogP contribution < -0.4 is 5.32 Å². The lowest BCUT2D eigenvalue weighted by Gasteiger charge is -2.49. The fourth-order valence-electron chi connectivity index (χ4n) is 3.44. The molecule has 0 spiro atoms. The summed E-state index contributed by atoms with van der Waals surface area (Å²) in [5.74, 6) is 0.957. The van der Waals surface area contributed by atoms with Crippen molar-refractivity contribution in [3.63, 3.8) is 0 Å². The quantitative estimate of drug-likeness (QED) is 0.712. The van der Waals surface area contributed by atoms with Crippen LogP contribution in [0.3, 0.4) is 0 Å². The highest BCUT2D eigenvalue weighted by molar-refractivity contribution is 5.29. The highest BCUT2D eigenvalue weighted by Gasteiger charge is 2.44. The zero-order chi connectivity index (χ0) is 12.8. The summed E-state index contributed by atoms with van der Waals surface area (Å²) in [6.45, 7) is 6.85. The van der Waals surface area contributed by atoms with Crippen molar-refractivity contribution < 1.29 is 0 Å². The molecule has 0 atom stereocenters. The number of benzene rings is 1. The molecule has 1 N–H and O–H groups in total. The minimum absolute atomic E-state index is 0.427. The van der Waals surface area contributed by atoms with Gasteiger partial charge in [0, 0.05) is 12.0 Å². The van der Waals surface area contributed by atoms with Gasteiger partial charge in [0.05, 0.1) is 0 Å². The smallest absolute Gasteiger partial charge is 0.00830 e. The third-order valence-electron chi connectivity index (χ3n) is 4.33. The van der Waals surface area contributed by atoms with Crippen molar-refractivity contribution in [1.29, 1.82) is 0 Å². The zero-order valence-electron chi connectivity index (χ0n) is 11.9. The van der Waals surface area contributed by atoms with Crippen LogP contribution in [0.2, 0.25) is 0 Å². The molecule has 0 radical (unpaired) electrons. The molecule has 1 aliphatic carbocycles.